The summed E-state index contributed by atoms with van der Waals surface area (Å²) in [6.45, 7) is 5.29. The third-order valence-electron chi connectivity index (χ3n) is 10.6. The van der Waals surface area contributed by atoms with Gasteiger partial charge in [0.2, 0.25) is 5.75 Å². The molecule has 8 rings (SSSR count). The molecule has 1 aliphatic carbocycles. The van der Waals surface area contributed by atoms with Crippen LogP contribution in [0.15, 0.2) is 84.9 Å². The Morgan fingerprint density at radius 2 is 1.42 bits per heavy atom. The largest absolute Gasteiger partial charge is 0.497 e. The second kappa shape index (κ2) is 12.3. The van der Waals surface area contributed by atoms with E-state index >= 15 is 0 Å². The highest BCUT2D eigenvalue weighted by Gasteiger charge is 2.47. The van der Waals surface area contributed by atoms with E-state index in [1.165, 1.54) is 0 Å². The third-order valence-corrected chi connectivity index (χ3v) is 10.6. The summed E-state index contributed by atoms with van der Waals surface area (Å²) in [6.07, 6.45) is 4.37. The van der Waals surface area contributed by atoms with Gasteiger partial charge in [0.25, 0.3) is 0 Å². The fourth-order valence-electron chi connectivity index (χ4n) is 8.05. The van der Waals surface area contributed by atoms with Crippen molar-refractivity contribution in [1.82, 2.24) is 0 Å². The molecule has 5 aromatic carbocycles. The van der Waals surface area contributed by atoms with Gasteiger partial charge in [0.15, 0.2) is 17.1 Å². The Balaban J connectivity index is 1.43. The molecule has 0 radical (unpaired) electrons. The second-order valence-corrected chi connectivity index (χ2v) is 12.9. The summed E-state index contributed by atoms with van der Waals surface area (Å²) in [5, 5.41) is 1.71. The zero-order valence-corrected chi connectivity index (χ0v) is 29.3. The maximum absolute atomic E-state index is 7.53. The zero-order valence-electron chi connectivity index (χ0n) is 29.3. The van der Waals surface area contributed by atoms with Crippen molar-refractivity contribution in [3.05, 3.63) is 113 Å². The quantitative estimate of drug-likeness (QED) is 0.165. The van der Waals surface area contributed by atoms with Crippen LogP contribution in [0, 0.1) is 0 Å². The van der Waals surface area contributed by atoms with Crippen LogP contribution in [0.3, 0.4) is 0 Å². The molecule has 0 saturated carbocycles. The molecule has 3 aliphatic rings. The summed E-state index contributed by atoms with van der Waals surface area (Å²) >= 11 is 0. The second-order valence-electron chi connectivity index (χ2n) is 12.9. The first kappa shape index (κ1) is 32.0. The van der Waals surface area contributed by atoms with Crippen LogP contribution in [0.1, 0.15) is 34.7 Å². The number of hydrogen-bond donors (Lipinski definition) is 0. The maximum atomic E-state index is 7.53. The van der Waals surface area contributed by atoms with Crippen LogP contribution in [0.2, 0.25) is 0 Å². The van der Waals surface area contributed by atoms with Crippen LogP contribution in [0.25, 0.3) is 28.0 Å². The van der Waals surface area contributed by atoms with Gasteiger partial charge in [-0.2, -0.15) is 0 Å². The van der Waals surface area contributed by atoms with Crippen LogP contribution < -0.4 is 28.6 Å². The van der Waals surface area contributed by atoms with E-state index in [0.29, 0.717) is 23.0 Å². The van der Waals surface area contributed by atoms with E-state index in [-0.39, 0.29) is 0 Å². The first-order chi connectivity index (χ1) is 24.4. The molecule has 5 aromatic rings. The smallest absolute Gasteiger partial charge is 0.203 e. The lowest BCUT2D eigenvalue weighted by atomic mass is 9.80. The summed E-state index contributed by atoms with van der Waals surface area (Å²) < 4.78 is 43.2. The summed E-state index contributed by atoms with van der Waals surface area (Å²) in [7, 11) is 8.37. The number of nitrogens with zero attached hydrogens (tertiary/aromatic N) is 1. The molecule has 256 valence electrons. The fraction of sp³-hybridized carbons (Fsp3) is 0.286. The maximum Gasteiger partial charge on any atom is 0.203 e. The van der Waals surface area contributed by atoms with E-state index in [9.17, 15) is 0 Å². The van der Waals surface area contributed by atoms with Crippen LogP contribution in [-0.4, -0.2) is 61.9 Å². The van der Waals surface area contributed by atoms with Crippen molar-refractivity contribution in [3.63, 3.8) is 0 Å². The number of rotatable bonds is 8. The monoisotopic (exact) mass is 671 g/mol. The number of fused-ring (bicyclic) bond motifs is 8. The summed E-state index contributed by atoms with van der Waals surface area (Å²) in [5.74, 6) is 3.09. The molecule has 8 nitrogen and oxygen atoms in total. The van der Waals surface area contributed by atoms with E-state index < -0.39 is 11.2 Å². The van der Waals surface area contributed by atoms with Gasteiger partial charge in [-0.1, -0.05) is 54.6 Å². The molecule has 0 aromatic heterocycles. The standard InChI is InChI=1S/C42H41NO7/c1-41(48-6)33-10-8-7-9-30(33)35-36-32(25-34(45-3)39(46-4)40(36)47-5)38-31(37(35)41)19-20-42(50-38,27-13-17-29(44-2)18-14-27)26-11-15-28(16-12-26)43-21-23-49-24-22-43/h7-20,25H,21-24H2,1-6H3. The van der Waals surface area contributed by atoms with E-state index in [1.54, 1.807) is 35.5 Å². The van der Waals surface area contributed by atoms with Crippen molar-refractivity contribution in [2.24, 2.45) is 0 Å². The van der Waals surface area contributed by atoms with E-state index in [0.717, 1.165) is 87.5 Å². The Hall–Kier alpha value is -5.18. The van der Waals surface area contributed by atoms with Crippen LogP contribution in [0.5, 0.6) is 28.7 Å². The molecule has 2 aliphatic heterocycles. The lowest BCUT2D eigenvalue weighted by molar-refractivity contribution is 0.0423. The van der Waals surface area contributed by atoms with Gasteiger partial charge in [0.05, 0.1) is 41.7 Å². The molecule has 0 N–H and O–H groups in total. The minimum atomic E-state index is -0.987. The van der Waals surface area contributed by atoms with Gasteiger partial charge < -0.3 is 38.1 Å². The van der Waals surface area contributed by atoms with Gasteiger partial charge in [-0.25, -0.2) is 0 Å². The number of benzene rings is 5. The molecule has 1 saturated heterocycles. The molecule has 2 unspecified atom stereocenters. The van der Waals surface area contributed by atoms with Gasteiger partial charge in [-0.15, -0.1) is 0 Å². The number of methoxy groups -OCH3 is 5. The summed E-state index contributed by atoms with van der Waals surface area (Å²) in [5.41, 5.74) is 6.46. The fourth-order valence-corrected chi connectivity index (χ4v) is 8.05. The van der Waals surface area contributed by atoms with Crippen molar-refractivity contribution in [1.29, 1.82) is 0 Å². The minimum absolute atomic E-state index is 0.514. The molecule has 0 bridgehead atoms. The molecule has 1 fully saturated rings. The van der Waals surface area contributed by atoms with Gasteiger partial charge in [0, 0.05) is 64.5 Å². The van der Waals surface area contributed by atoms with E-state index in [4.69, 9.17) is 33.2 Å². The summed E-state index contributed by atoms with van der Waals surface area (Å²) in [4.78, 5) is 2.35. The molecule has 0 spiro atoms. The Labute approximate surface area is 292 Å². The first-order valence-electron chi connectivity index (χ1n) is 16.9. The van der Waals surface area contributed by atoms with Crippen molar-refractivity contribution in [3.8, 4) is 39.9 Å². The first-order valence-corrected chi connectivity index (χ1v) is 16.9. The Bertz CT molecular complexity index is 2120. The molecule has 2 atom stereocenters. The number of ether oxygens (including phenoxy) is 7. The van der Waals surface area contributed by atoms with Crippen molar-refractivity contribution in [2.75, 3.05) is 66.8 Å². The highest BCUT2D eigenvalue weighted by Crippen LogP contribution is 2.61. The molecular weight excluding hydrogens is 630 g/mol. The third kappa shape index (κ3) is 4.58. The van der Waals surface area contributed by atoms with Crippen LogP contribution >= 0.6 is 0 Å². The summed E-state index contributed by atoms with van der Waals surface area (Å²) in [6, 6.07) is 27.2. The number of morpholine rings is 1. The lowest BCUT2D eigenvalue weighted by Crippen LogP contribution is -2.37. The van der Waals surface area contributed by atoms with E-state index in [2.05, 4.69) is 84.6 Å². The van der Waals surface area contributed by atoms with Crippen molar-refractivity contribution < 1.29 is 33.2 Å². The predicted molar refractivity (Wildman–Crippen MR) is 195 cm³/mol. The van der Waals surface area contributed by atoms with Gasteiger partial charge in [-0.05, 0) is 54.5 Å². The molecule has 50 heavy (non-hydrogen) atoms. The zero-order chi connectivity index (χ0) is 34.6. The highest BCUT2D eigenvalue weighted by atomic mass is 16.5. The van der Waals surface area contributed by atoms with E-state index in [1.807, 2.05) is 18.2 Å². The van der Waals surface area contributed by atoms with Crippen LogP contribution in [-0.2, 0) is 20.7 Å². The average Bonchev–Trinajstić information content (AvgIpc) is 3.45. The molecule has 8 heteroatoms. The number of hydrogen-bond acceptors (Lipinski definition) is 8. The highest BCUT2D eigenvalue weighted by molar-refractivity contribution is 6.12. The van der Waals surface area contributed by atoms with Gasteiger partial charge >= 0.3 is 0 Å². The molecule has 2 heterocycles. The topological polar surface area (TPSA) is 67.9 Å². The lowest BCUT2D eigenvalue weighted by Gasteiger charge is -2.39. The van der Waals surface area contributed by atoms with Crippen molar-refractivity contribution in [2.45, 2.75) is 18.1 Å². The predicted octanol–water partition coefficient (Wildman–Crippen LogP) is 7.95. The Kier molecular flexibility index (Phi) is 7.88. The minimum Gasteiger partial charge on any atom is -0.497 e. The average molecular weight is 672 g/mol. The Morgan fingerprint density at radius 1 is 0.740 bits per heavy atom. The normalized spacial score (nSPS) is 20.5. The van der Waals surface area contributed by atoms with Crippen molar-refractivity contribution >= 4 is 22.5 Å². The SMILES string of the molecule is COc1ccc(C2(c3ccc(N4CCOCC4)cc3)C=Cc3c4c(c5c(OC)c(OC)c(OC)cc5c3O2)-c2ccccc2C4(C)OC)cc1. The number of anilines is 1. The van der Waals surface area contributed by atoms with Gasteiger partial charge in [-0.3, -0.25) is 0 Å². The van der Waals surface area contributed by atoms with Crippen LogP contribution in [0.4, 0.5) is 5.69 Å². The van der Waals surface area contributed by atoms with Gasteiger partial charge in [0.1, 0.15) is 17.1 Å². The Morgan fingerprint density at radius 3 is 2.06 bits per heavy atom. The molecule has 0 amide bonds. The molecular formula is C42H41NO7.